The van der Waals surface area contributed by atoms with Crippen molar-refractivity contribution in [3.05, 3.63) is 18.2 Å². The number of hydrogen-bond donors (Lipinski definition) is 2. The van der Waals surface area contributed by atoms with Crippen LogP contribution in [-0.2, 0) is 10.0 Å². The molecule has 1 saturated carbocycles. The molecule has 2 aliphatic rings. The fourth-order valence-electron chi connectivity index (χ4n) is 2.81. The van der Waals surface area contributed by atoms with Crippen LogP contribution < -0.4 is 14.8 Å². The molecule has 0 amide bonds. The average molecular weight is 350 g/mol. The van der Waals surface area contributed by atoms with Crippen molar-refractivity contribution >= 4 is 15.7 Å². The minimum absolute atomic E-state index is 0.126. The van der Waals surface area contributed by atoms with Crippen LogP contribution in [0, 0.1) is 17.4 Å². The third-order valence-electron chi connectivity index (χ3n) is 4.40. The van der Waals surface area contributed by atoms with E-state index >= 15 is 0 Å². The van der Waals surface area contributed by atoms with Crippen molar-refractivity contribution in [2.75, 3.05) is 32.1 Å². The highest BCUT2D eigenvalue weighted by atomic mass is 32.2. The molecule has 1 aromatic rings. The number of nitrogens with zero attached hydrogens (tertiary/aromatic N) is 2. The van der Waals surface area contributed by atoms with Gasteiger partial charge in [0.15, 0.2) is 6.19 Å². The van der Waals surface area contributed by atoms with Gasteiger partial charge in [0.25, 0.3) is 0 Å². The summed E-state index contributed by atoms with van der Waals surface area (Å²) in [6, 6.07) is 4.84. The third kappa shape index (κ3) is 3.91. The summed E-state index contributed by atoms with van der Waals surface area (Å²) in [6.45, 7) is 1.83. The average Bonchev–Trinajstić information content (AvgIpc) is 3.30. The molecular weight excluding hydrogens is 328 g/mol. The van der Waals surface area contributed by atoms with E-state index in [1.165, 1.54) is 20.0 Å². The Kier molecular flexibility index (Phi) is 4.83. The third-order valence-corrected chi connectivity index (χ3v) is 5.94. The zero-order valence-corrected chi connectivity index (χ0v) is 14.5. The van der Waals surface area contributed by atoms with Crippen LogP contribution in [0.25, 0.3) is 0 Å². The molecule has 1 saturated heterocycles. The Morgan fingerprint density at radius 2 is 2.17 bits per heavy atom. The van der Waals surface area contributed by atoms with Crippen LogP contribution in [0.1, 0.15) is 19.3 Å². The summed E-state index contributed by atoms with van der Waals surface area (Å²) in [7, 11) is -2.26. The van der Waals surface area contributed by atoms with E-state index in [9.17, 15) is 8.42 Å². The first kappa shape index (κ1) is 16.9. The standard InChI is InChI=1S/C16H22N4O3S/c1-23-15-5-4-13(18-9-12-2-3-12)8-16(15)24(21,22)19-14-6-7-20(10-14)11-17/h4-5,8,12,14,18-19H,2-3,6-7,9-10H2,1H3. The number of hydrogen-bond acceptors (Lipinski definition) is 6. The molecule has 24 heavy (non-hydrogen) atoms. The van der Waals surface area contributed by atoms with E-state index in [1.54, 1.807) is 17.0 Å². The summed E-state index contributed by atoms with van der Waals surface area (Å²) in [5, 5.41) is 12.2. The molecule has 2 fully saturated rings. The molecule has 8 heteroatoms. The van der Waals surface area contributed by atoms with Crippen LogP contribution in [0.2, 0.25) is 0 Å². The van der Waals surface area contributed by atoms with E-state index in [1.807, 2.05) is 12.3 Å². The SMILES string of the molecule is COc1ccc(NCC2CC2)cc1S(=O)(=O)NC1CCN(C#N)C1. The first-order valence-corrected chi connectivity index (χ1v) is 9.59. The van der Waals surface area contributed by atoms with Gasteiger partial charge in [-0.3, -0.25) is 0 Å². The molecule has 7 nitrogen and oxygen atoms in total. The molecule has 1 heterocycles. The van der Waals surface area contributed by atoms with Gasteiger partial charge in [-0.15, -0.1) is 0 Å². The number of nitrogens with one attached hydrogen (secondary N) is 2. The number of ether oxygens (including phenoxy) is 1. The number of anilines is 1. The minimum atomic E-state index is -3.71. The fourth-order valence-corrected chi connectivity index (χ4v) is 4.27. The number of rotatable bonds is 7. The Morgan fingerprint density at radius 1 is 1.38 bits per heavy atom. The Balaban J connectivity index is 1.76. The van der Waals surface area contributed by atoms with Gasteiger partial charge in [0.05, 0.1) is 7.11 Å². The van der Waals surface area contributed by atoms with Gasteiger partial charge >= 0.3 is 0 Å². The van der Waals surface area contributed by atoms with Gasteiger partial charge in [0.1, 0.15) is 10.6 Å². The van der Waals surface area contributed by atoms with E-state index < -0.39 is 10.0 Å². The van der Waals surface area contributed by atoms with Crippen molar-refractivity contribution in [3.63, 3.8) is 0 Å². The molecule has 0 bridgehead atoms. The number of nitriles is 1. The molecule has 0 spiro atoms. The normalized spacial score (nSPS) is 20.7. The molecule has 1 aliphatic carbocycles. The lowest BCUT2D eigenvalue weighted by atomic mass is 10.3. The smallest absolute Gasteiger partial charge is 0.244 e. The Labute approximate surface area is 142 Å². The van der Waals surface area contributed by atoms with Crippen LogP contribution in [0.4, 0.5) is 5.69 Å². The lowest BCUT2D eigenvalue weighted by molar-refractivity contribution is 0.402. The van der Waals surface area contributed by atoms with Gasteiger partial charge in [-0.05, 0) is 43.4 Å². The quantitative estimate of drug-likeness (QED) is 0.721. The van der Waals surface area contributed by atoms with Crippen molar-refractivity contribution in [2.45, 2.75) is 30.2 Å². The molecule has 0 radical (unpaired) electrons. The zero-order valence-electron chi connectivity index (χ0n) is 13.7. The van der Waals surface area contributed by atoms with Gasteiger partial charge < -0.3 is 15.0 Å². The van der Waals surface area contributed by atoms with Crippen molar-refractivity contribution in [1.29, 1.82) is 5.26 Å². The van der Waals surface area contributed by atoms with Crippen LogP contribution in [-0.4, -0.2) is 46.1 Å². The lowest BCUT2D eigenvalue weighted by Gasteiger charge is -2.16. The molecule has 0 aromatic heterocycles. The van der Waals surface area contributed by atoms with Gasteiger partial charge in [0, 0.05) is 31.4 Å². The molecule has 1 aromatic carbocycles. The Hall–Kier alpha value is -1.98. The minimum Gasteiger partial charge on any atom is -0.495 e. The molecule has 1 atom stereocenters. The number of benzene rings is 1. The van der Waals surface area contributed by atoms with Crippen LogP contribution in [0.3, 0.4) is 0 Å². The van der Waals surface area contributed by atoms with E-state index in [0.29, 0.717) is 31.2 Å². The summed E-state index contributed by atoms with van der Waals surface area (Å²) in [5.74, 6) is 1.01. The Bertz CT molecular complexity index is 740. The molecule has 1 aliphatic heterocycles. The topological polar surface area (TPSA) is 94.5 Å². The second kappa shape index (κ2) is 6.87. The maximum Gasteiger partial charge on any atom is 0.244 e. The largest absolute Gasteiger partial charge is 0.495 e. The van der Waals surface area contributed by atoms with Gasteiger partial charge in [-0.1, -0.05) is 0 Å². The van der Waals surface area contributed by atoms with E-state index in [4.69, 9.17) is 10.00 Å². The Morgan fingerprint density at radius 3 is 2.79 bits per heavy atom. The first-order chi connectivity index (χ1) is 11.5. The summed E-state index contributed by atoms with van der Waals surface area (Å²) in [6.07, 6.45) is 5.13. The highest BCUT2D eigenvalue weighted by Gasteiger charge is 2.29. The first-order valence-electron chi connectivity index (χ1n) is 8.11. The monoisotopic (exact) mass is 350 g/mol. The van der Waals surface area contributed by atoms with Crippen LogP contribution in [0.5, 0.6) is 5.75 Å². The highest BCUT2D eigenvalue weighted by molar-refractivity contribution is 7.89. The van der Waals surface area contributed by atoms with E-state index in [0.717, 1.165) is 12.2 Å². The van der Waals surface area contributed by atoms with Gasteiger partial charge in [0.2, 0.25) is 10.0 Å². The number of methoxy groups -OCH3 is 1. The molecular formula is C16H22N4O3S. The van der Waals surface area contributed by atoms with Crippen molar-refractivity contribution in [3.8, 4) is 11.9 Å². The highest BCUT2D eigenvalue weighted by Crippen LogP contribution is 2.31. The predicted molar refractivity (Wildman–Crippen MR) is 90.1 cm³/mol. The molecule has 1 unspecified atom stereocenters. The molecule has 2 N–H and O–H groups in total. The van der Waals surface area contributed by atoms with Crippen molar-refractivity contribution in [1.82, 2.24) is 9.62 Å². The maximum atomic E-state index is 12.7. The van der Waals surface area contributed by atoms with E-state index in [-0.39, 0.29) is 10.9 Å². The predicted octanol–water partition coefficient (Wildman–Crippen LogP) is 1.35. The fraction of sp³-hybridized carbons (Fsp3) is 0.562. The van der Waals surface area contributed by atoms with Crippen LogP contribution >= 0.6 is 0 Å². The zero-order chi connectivity index (χ0) is 17.2. The number of sulfonamides is 1. The molecule has 3 rings (SSSR count). The summed E-state index contributed by atoms with van der Waals surface area (Å²) < 4.78 is 33.4. The second-order valence-electron chi connectivity index (χ2n) is 6.34. The molecule has 130 valence electrons. The van der Waals surface area contributed by atoms with Gasteiger partial charge in [-0.25, -0.2) is 13.1 Å². The summed E-state index contributed by atoms with van der Waals surface area (Å²) in [5.41, 5.74) is 0.771. The van der Waals surface area contributed by atoms with Crippen molar-refractivity contribution < 1.29 is 13.2 Å². The van der Waals surface area contributed by atoms with Gasteiger partial charge in [-0.2, -0.15) is 5.26 Å². The lowest BCUT2D eigenvalue weighted by Crippen LogP contribution is -2.36. The number of likely N-dealkylation sites (tertiary alicyclic amines) is 1. The maximum absolute atomic E-state index is 12.7. The second-order valence-corrected chi connectivity index (χ2v) is 8.03. The summed E-state index contributed by atoms with van der Waals surface area (Å²) in [4.78, 5) is 1.68. The van der Waals surface area contributed by atoms with E-state index in [2.05, 4.69) is 10.0 Å². The van der Waals surface area contributed by atoms with Crippen LogP contribution in [0.15, 0.2) is 23.1 Å². The summed E-state index contributed by atoms with van der Waals surface area (Å²) >= 11 is 0. The van der Waals surface area contributed by atoms with Crippen molar-refractivity contribution in [2.24, 2.45) is 5.92 Å².